The van der Waals surface area contributed by atoms with Gasteiger partial charge in [-0.1, -0.05) is 159 Å². The average molecular weight is 943 g/mol. The van der Waals surface area contributed by atoms with Gasteiger partial charge in [-0.2, -0.15) is 0 Å². The van der Waals surface area contributed by atoms with Crippen molar-refractivity contribution in [1.82, 2.24) is 0 Å². The van der Waals surface area contributed by atoms with Crippen molar-refractivity contribution in [2.45, 2.75) is 198 Å². The summed E-state index contributed by atoms with van der Waals surface area (Å²) in [5.74, 6) is 0. The van der Waals surface area contributed by atoms with Crippen LogP contribution < -0.4 is 5.32 Å². The molecule has 0 aromatic heterocycles. The predicted molar refractivity (Wildman–Crippen MR) is 316 cm³/mol. The van der Waals surface area contributed by atoms with Gasteiger partial charge in [0.05, 0.1) is 6.61 Å². The van der Waals surface area contributed by atoms with E-state index in [0.29, 0.717) is 0 Å². The van der Waals surface area contributed by atoms with Gasteiger partial charge in [0, 0.05) is 12.2 Å². The van der Waals surface area contributed by atoms with E-state index in [1.807, 2.05) is 6.08 Å². The zero-order chi connectivity index (χ0) is 50.5. The fourth-order valence-corrected chi connectivity index (χ4v) is 9.55. The lowest BCUT2D eigenvalue weighted by molar-refractivity contribution is 0.341. The molecule has 2 N–H and O–H groups in total. The summed E-state index contributed by atoms with van der Waals surface area (Å²) in [6, 6.07) is 20.3. The highest BCUT2D eigenvalue weighted by molar-refractivity contribution is 6.23. The number of aliphatic hydroxyl groups is 1. The third-order valence-corrected chi connectivity index (χ3v) is 14.3. The molecule has 0 heterocycles. The van der Waals surface area contributed by atoms with Crippen LogP contribution in [0.15, 0.2) is 171 Å². The van der Waals surface area contributed by atoms with Crippen LogP contribution in [0.2, 0.25) is 0 Å². The number of anilines is 1. The third kappa shape index (κ3) is 22.9. The molecular formula is C68H95NO. The first-order valence-electron chi connectivity index (χ1n) is 27.4. The Balaban J connectivity index is 0.998. The van der Waals surface area contributed by atoms with Gasteiger partial charge in [-0.25, -0.2) is 0 Å². The topological polar surface area (TPSA) is 32.3 Å². The summed E-state index contributed by atoms with van der Waals surface area (Å²) in [5.41, 5.74) is 16.1. The lowest BCUT2D eigenvalue weighted by Gasteiger charge is -2.13. The number of allylic oxidation sites excluding steroid dienone is 19. The SMILES string of the molecule is C/C(=C/CO)CC/C=C(/C)CC/C=C(/C)CC/C=C(/C)CC/C=C(/C)CC/C=C(/C)CC/C=C(/C)CC/C=C(\C)CC/C=C(\C)CC/C=C(\C)CCCNc1cc2ccc3cccc4ccc(c1)c2c34. The van der Waals surface area contributed by atoms with Crippen molar-refractivity contribution in [2.24, 2.45) is 0 Å². The molecule has 2 nitrogen and oxygen atoms in total. The largest absolute Gasteiger partial charge is 0.392 e. The van der Waals surface area contributed by atoms with Crippen LogP contribution in [-0.2, 0) is 0 Å². The van der Waals surface area contributed by atoms with Crippen molar-refractivity contribution < 1.29 is 5.11 Å². The molecule has 0 unspecified atom stereocenters. The van der Waals surface area contributed by atoms with E-state index in [-0.39, 0.29) is 6.61 Å². The van der Waals surface area contributed by atoms with Crippen LogP contribution in [0.3, 0.4) is 0 Å². The van der Waals surface area contributed by atoms with Gasteiger partial charge in [0.15, 0.2) is 0 Å². The molecule has 0 atom stereocenters. The maximum Gasteiger partial charge on any atom is 0.0614 e. The van der Waals surface area contributed by atoms with Crippen molar-refractivity contribution in [3.05, 3.63) is 171 Å². The number of benzene rings is 4. The van der Waals surface area contributed by atoms with Crippen molar-refractivity contribution in [3.8, 4) is 0 Å². The molecule has 0 amide bonds. The van der Waals surface area contributed by atoms with Gasteiger partial charge in [-0.05, 0) is 242 Å². The Morgan fingerprint density at radius 1 is 0.343 bits per heavy atom. The molecule has 4 aromatic rings. The first-order chi connectivity index (χ1) is 33.8. The van der Waals surface area contributed by atoms with E-state index in [0.717, 1.165) is 135 Å². The van der Waals surface area contributed by atoms with Crippen LogP contribution in [0, 0.1) is 0 Å². The molecule has 378 valence electrons. The number of rotatable bonds is 33. The van der Waals surface area contributed by atoms with Crippen molar-refractivity contribution in [1.29, 1.82) is 0 Å². The summed E-state index contributed by atoms with van der Waals surface area (Å²) >= 11 is 0. The highest BCUT2D eigenvalue weighted by atomic mass is 16.2. The van der Waals surface area contributed by atoms with Crippen molar-refractivity contribution >= 4 is 38.0 Å². The molecule has 4 rings (SSSR count). The molecule has 0 bridgehead atoms. The summed E-state index contributed by atoms with van der Waals surface area (Å²) in [6.45, 7) is 23.9. The van der Waals surface area contributed by atoms with Crippen molar-refractivity contribution in [3.63, 3.8) is 0 Å². The smallest absolute Gasteiger partial charge is 0.0614 e. The van der Waals surface area contributed by atoms with E-state index >= 15 is 0 Å². The standard InChI is InChI=1S/C68H95NO/c1-52(22-11-23-53(2)25-13-27-55(4)29-15-31-57(6)33-17-35-59(8)37-19-39-61(10)47-49-70)24-12-26-54(3)28-14-30-56(5)32-16-34-58(7)36-18-38-60(9)40-21-48-69-66-50-64-45-43-62-41-20-42-63-44-46-65(51-66)68(64)67(62)63/h20,22,25-26,29-30,33-34,37-38,41-47,50-51,69-70H,11-19,21,23-24,27-28,31-32,35-36,39-40,48-49H2,1-10H3/b52-22-,53-25-,54-26-,55-29-,56-30+,57-33-,58-34+,59-37-,60-38+,61-47-. The highest BCUT2D eigenvalue weighted by Gasteiger charge is 2.09. The summed E-state index contributed by atoms with van der Waals surface area (Å²) in [7, 11) is 0. The molecule has 0 spiro atoms. The Hall–Kier alpha value is -4.92. The van der Waals surface area contributed by atoms with E-state index in [1.54, 1.807) is 0 Å². The van der Waals surface area contributed by atoms with Crippen LogP contribution in [0.4, 0.5) is 5.69 Å². The zero-order valence-corrected chi connectivity index (χ0v) is 46.0. The maximum atomic E-state index is 9.01. The molecule has 0 aliphatic heterocycles. The van der Waals surface area contributed by atoms with Gasteiger partial charge in [0.2, 0.25) is 0 Å². The van der Waals surface area contributed by atoms with E-state index < -0.39 is 0 Å². The minimum absolute atomic E-state index is 0.147. The number of hydrogen-bond donors (Lipinski definition) is 2. The first-order valence-corrected chi connectivity index (χ1v) is 27.4. The molecule has 0 saturated carbocycles. The Morgan fingerprint density at radius 3 is 0.900 bits per heavy atom. The van der Waals surface area contributed by atoms with E-state index in [2.05, 4.69) is 184 Å². The number of aliphatic hydroxyl groups excluding tert-OH is 1. The molecule has 0 aliphatic carbocycles. The van der Waals surface area contributed by atoms with Gasteiger partial charge in [0.25, 0.3) is 0 Å². The molecule has 0 fully saturated rings. The summed E-state index contributed by atoms with van der Waals surface area (Å²) < 4.78 is 0. The minimum Gasteiger partial charge on any atom is -0.392 e. The Kier molecular flexibility index (Phi) is 27.1. The van der Waals surface area contributed by atoms with Crippen LogP contribution >= 0.6 is 0 Å². The highest BCUT2D eigenvalue weighted by Crippen LogP contribution is 2.36. The summed E-state index contributed by atoms with van der Waals surface area (Å²) in [4.78, 5) is 0. The fraction of sp³-hybridized carbons (Fsp3) is 0.471. The molecule has 70 heavy (non-hydrogen) atoms. The second-order valence-electron chi connectivity index (χ2n) is 21.1. The first kappa shape index (κ1) is 57.7. The Bertz CT molecular complexity index is 2450. The minimum atomic E-state index is 0.147. The van der Waals surface area contributed by atoms with Gasteiger partial charge >= 0.3 is 0 Å². The average Bonchev–Trinajstić information content (AvgIpc) is 3.32. The molecular weight excluding hydrogens is 847 g/mol. The Labute approximate surface area is 428 Å². The summed E-state index contributed by atoms with van der Waals surface area (Å²) in [6.07, 6.45) is 46.7. The fourth-order valence-electron chi connectivity index (χ4n) is 9.55. The van der Waals surface area contributed by atoms with E-state index in [1.165, 1.54) is 93.7 Å². The quantitative estimate of drug-likeness (QED) is 0.0283. The zero-order valence-electron chi connectivity index (χ0n) is 46.0. The lowest BCUT2D eigenvalue weighted by atomic mass is 9.94. The molecule has 0 radical (unpaired) electrons. The van der Waals surface area contributed by atoms with Gasteiger partial charge < -0.3 is 10.4 Å². The normalized spacial score (nSPS) is 14.6. The van der Waals surface area contributed by atoms with Crippen molar-refractivity contribution in [2.75, 3.05) is 18.5 Å². The van der Waals surface area contributed by atoms with Crippen LogP contribution in [0.1, 0.15) is 198 Å². The van der Waals surface area contributed by atoms with E-state index in [9.17, 15) is 0 Å². The molecule has 4 aromatic carbocycles. The van der Waals surface area contributed by atoms with E-state index in [4.69, 9.17) is 5.11 Å². The second-order valence-corrected chi connectivity index (χ2v) is 21.1. The van der Waals surface area contributed by atoms with Crippen LogP contribution in [0.25, 0.3) is 32.3 Å². The Morgan fingerprint density at radius 2 is 0.600 bits per heavy atom. The lowest BCUT2D eigenvalue weighted by Crippen LogP contribution is -2.01. The second kappa shape index (κ2) is 32.9. The number of nitrogens with one attached hydrogen (secondary N) is 1. The van der Waals surface area contributed by atoms with Crippen LogP contribution in [0.5, 0.6) is 0 Å². The molecule has 0 aliphatic rings. The maximum absolute atomic E-state index is 9.01. The van der Waals surface area contributed by atoms with Gasteiger partial charge in [-0.15, -0.1) is 0 Å². The number of hydrogen-bond acceptors (Lipinski definition) is 2. The van der Waals surface area contributed by atoms with Gasteiger partial charge in [-0.3, -0.25) is 0 Å². The predicted octanol–water partition coefficient (Wildman–Crippen LogP) is 21.3. The van der Waals surface area contributed by atoms with Crippen LogP contribution in [-0.4, -0.2) is 18.3 Å². The molecule has 0 saturated heterocycles. The van der Waals surface area contributed by atoms with Gasteiger partial charge in [0.1, 0.15) is 0 Å². The molecule has 2 heteroatoms. The monoisotopic (exact) mass is 942 g/mol. The summed E-state index contributed by atoms with van der Waals surface area (Å²) in [5, 5.41) is 20.8. The third-order valence-electron chi connectivity index (χ3n) is 14.3.